The second-order valence-electron chi connectivity index (χ2n) is 6.87. The van der Waals surface area contributed by atoms with Crippen LogP contribution in [0.25, 0.3) is 12.2 Å². The number of aliphatic hydroxyl groups is 4. The summed E-state index contributed by atoms with van der Waals surface area (Å²) in [7, 11) is 1.45. The van der Waals surface area contributed by atoms with Gasteiger partial charge in [0, 0.05) is 0 Å². The molecular weight excluding hydrogens is 380 g/mol. The maximum Gasteiger partial charge on any atom is 0.161 e. The van der Waals surface area contributed by atoms with Crippen molar-refractivity contribution in [1.29, 1.82) is 0 Å². The maximum absolute atomic E-state index is 10.3. The molecule has 1 aliphatic heterocycles. The second-order valence-corrected chi connectivity index (χ2v) is 6.87. The fourth-order valence-electron chi connectivity index (χ4n) is 3.29. The summed E-state index contributed by atoms with van der Waals surface area (Å²) in [4.78, 5) is 0. The number of benzene rings is 2. The number of phenolic OH excluding ortho intramolecular Hbond substituents is 2. The van der Waals surface area contributed by atoms with Gasteiger partial charge in [0.1, 0.15) is 36.3 Å². The number of phenols is 2. The molecule has 8 nitrogen and oxygen atoms in total. The summed E-state index contributed by atoms with van der Waals surface area (Å²) in [5.74, 6) is 0.263. The van der Waals surface area contributed by atoms with Crippen molar-refractivity contribution in [3.05, 3.63) is 53.1 Å². The first-order valence-corrected chi connectivity index (χ1v) is 9.03. The van der Waals surface area contributed by atoms with Gasteiger partial charge < -0.3 is 40.1 Å². The minimum Gasteiger partial charge on any atom is -0.508 e. The van der Waals surface area contributed by atoms with E-state index < -0.39 is 37.1 Å². The molecule has 29 heavy (non-hydrogen) atoms. The standard InChI is InChI=1S/C21H24O8/c1-28-16-8-11(4-5-15(16)24)2-3-12-6-13(9-14(23)7-12)21-20(27)19(26)18(25)17(10-22)29-21/h2-9,17-27H,10H2,1H3/b3-2+/t17-,18+,19+,20+,21+/m0/s1. The van der Waals surface area contributed by atoms with Gasteiger partial charge in [-0.3, -0.25) is 0 Å². The van der Waals surface area contributed by atoms with Gasteiger partial charge in [-0.05, 0) is 47.0 Å². The summed E-state index contributed by atoms with van der Waals surface area (Å²) in [6.45, 7) is -0.532. The van der Waals surface area contributed by atoms with Crippen molar-refractivity contribution in [3.8, 4) is 17.2 Å². The lowest BCUT2D eigenvalue weighted by molar-refractivity contribution is -0.231. The summed E-state index contributed by atoms with van der Waals surface area (Å²) in [6.07, 6.45) is -3.02. The highest BCUT2D eigenvalue weighted by Crippen LogP contribution is 2.35. The first-order valence-electron chi connectivity index (χ1n) is 9.03. The van der Waals surface area contributed by atoms with Crippen molar-refractivity contribution in [3.63, 3.8) is 0 Å². The van der Waals surface area contributed by atoms with Crippen molar-refractivity contribution < 1.29 is 40.1 Å². The van der Waals surface area contributed by atoms with E-state index in [4.69, 9.17) is 9.47 Å². The largest absolute Gasteiger partial charge is 0.508 e. The van der Waals surface area contributed by atoms with Crippen LogP contribution >= 0.6 is 0 Å². The second kappa shape index (κ2) is 8.81. The summed E-state index contributed by atoms with van der Waals surface area (Å²) >= 11 is 0. The highest BCUT2D eigenvalue weighted by atomic mass is 16.5. The van der Waals surface area contributed by atoms with Crippen LogP contribution in [0, 0.1) is 0 Å². The molecule has 0 saturated carbocycles. The molecule has 0 bridgehead atoms. The molecule has 0 aliphatic carbocycles. The average molecular weight is 404 g/mol. The van der Waals surface area contributed by atoms with Crippen LogP contribution in [0.5, 0.6) is 17.2 Å². The Morgan fingerprint density at radius 1 is 0.931 bits per heavy atom. The van der Waals surface area contributed by atoms with E-state index in [0.29, 0.717) is 16.9 Å². The van der Waals surface area contributed by atoms with Gasteiger partial charge in [0.25, 0.3) is 0 Å². The van der Waals surface area contributed by atoms with Crippen LogP contribution in [0.3, 0.4) is 0 Å². The highest BCUT2D eigenvalue weighted by molar-refractivity contribution is 5.71. The minimum absolute atomic E-state index is 0.0203. The minimum atomic E-state index is -1.50. The number of rotatable bonds is 5. The highest BCUT2D eigenvalue weighted by Gasteiger charge is 2.44. The number of methoxy groups -OCH3 is 1. The molecule has 3 rings (SSSR count). The van der Waals surface area contributed by atoms with E-state index in [1.807, 2.05) is 0 Å². The Bertz CT molecular complexity index is 879. The average Bonchev–Trinajstić information content (AvgIpc) is 2.71. The molecular formula is C21H24O8. The van der Waals surface area contributed by atoms with E-state index >= 15 is 0 Å². The smallest absolute Gasteiger partial charge is 0.161 e. The Balaban J connectivity index is 1.88. The van der Waals surface area contributed by atoms with Crippen LogP contribution in [0.1, 0.15) is 22.8 Å². The predicted molar refractivity (Wildman–Crippen MR) is 104 cm³/mol. The number of hydrogen-bond acceptors (Lipinski definition) is 8. The molecule has 156 valence electrons. The van der Waals surface area contributed by atoms with Gasteiger partial charge in [0.05, 0.1) is 13.7 Å². The maximum atomic E-state index is 10.3. The molecule has 6 N–H and O–H groups in total. The van der Waals surface area contributed by atoms with Crippen molar-refractivity contribution in [1.82, 2.24) is 0 Å². The lowest BCUT2D eigenvalue weighted by atomic mass is 9.90. The van der Waals surface area contributed by atoms with E-state index in [1.165, 1.54) is 25.3 Å². The molecule has 1 aliphatic rings. The zero-order chi connectivity index (χ0) is 21.1. The molecule has 8 heteroatoms. The van der Waals surface area contributed by atoms with Gasteiger partial charge in [-0.25, -0.2) is 0 Å². The molecule has 0 amide bonds. The Morgan fingerprint density at radius 3 is 2.34 bits per heavy atom. The normalized spacial score (nSPS) is 27.3. The van der Waals surface area contributed by atoms with Crippen molar-refractivity contribution in [2.45, 2.75) is 30.5 Å². The quantitative estimate of drug-likeness (QED) is 0.402. The third-order valence-corrected chi connectivity index (χ3v) is 4.86. The van der Waals surface area contributed by atoms with Crippen LogP contribution in [-0.4, -0.2) is 68.8 Å². The van der Waals surface area contributed by atoms with E-state index in [2.05, 4.69) is 0 Å². The molecule has 2 aromatic rings. The number of aromatic hydroxyl groups is 2. The van der Waals surface area contributed by atoms with Crippen LogP contribution < -0.4 is 4.74 Å². The molecule has 1 heterocycles. The van der Waals surface area contributed by atoms with E-state index in [9.17, 15) is 30.6 Å². The van der Waals surface area contributed by atoms with E-state index in [0.717, 1.165) is 5.56 Å². The molecule has 0 aromatic heterocycles. The molecule has 1 fully saturated rings. The van der Waals surface area contributed by atoms with Gasteiger partial charge in [-0.2, -0.15) is 0 Å². The molecule has 5 atom stereocenters. The van der Waals surface area contributed by atoms with Gasteiger partial charge in [-0.1, -0.05) is 18.2 Å². The lowest BCUT2D eigenvalue weighted by Gasteiger charge is -2.40. The number of aliphatic hydroxyl groups excluding tert-OH is 4. The monoisotopic (exact) mass is 404 g/mol. The van der Waals surface area contributed by atoms with Crippen molar-refractivity contribution in [2.24, 2.45) is 0 Å². The lowest BCUT2D eigenvalue weighted by Crippen LogP contribution is -2.55. The predicted octanol–water partition coefficient (Wildman–Crippen LogP) is 0.792. The van der Waals surface area contributed by atoms with Gasteiger partial charge in [-0.15, -0.1) is 0 Å². The zero-order valence-electron chi connectivity index (χ0n) is 15.7. The van der Waals surface area contributed by atoms with E-state index in [1.54, 1.807) is 30.4 Å². The van der Waals surface area contributed by atoms with Gasteiger partial charge in [0.2, 0.25) is 0 Å². The Kier molecular flexibility index (Phi) is 6.41. The molecule has 0 spiro atoms. The van der Waals surface area contributed by atoms with Crippen LogP contribution in [0.4, 0.5) is 0 Å². The molecule has 2 aromatic carbocycles. The van der Waals surface area contributed by atoms with Crippen molar-refractivity contribution >= 4 is 12.2 Å². The van der Waals surface area contributed by atoms with E-state index in [-0.39, 0.29) is 11.5 Å². The summed E-state index contributed by atoms with van der Waals surface area (Å²) in [6, 6.07) is 9.37. The molecule has 0 unspecified atom stereocenters. The first-order chi connectivity index (χ1) is 13.8. The van der Waals surface area contributed by atoms with Gasteiger partial charge >= 0.3 is 0 Å². The topological polar surface area (TPSA) is 140 Å². The molecule has 1 saturated heterocycles. The SMILES string of the molecule is COc1cc(/C=C/c2cc(O)cc([C@H]3O[C@@H](CO)[C@@H](O)[C@@H](O)[C@H]3O)c2)ccc1O. The summed E-state index contributed by atoms with van der Waals surface area (Å²) in [5.41, 5.74) is 1.71. The third kappa shape index (κ3) is 4.52. The van der Waals surface area contributed by atoms with Gasteiger partial charge in [0.15, 0.2) is 11.5 Å². The number of hydrogen-bond donors (Lipinski definition) is 6. The zero-order valence-corrected chi connectivity index (χ0v) is 15.7. The van der Waals surface area contributed by atoms with Crippen molar-refractivity contribution in [2.75, 3.05) is 13.7 Å². The van der Waals surface area contributed by atoms with Crippen LogP contribution in [0.2, 0.25) is 0 Å². The molecule has 0 radical (unpaired) electrons. The summed E-state index contributed by atoms with van der Waals surface area (Å²) in [5, 5.41) is 59.3. The van der Waals surface area contributed by atoms with Crippen LogP contribution in [-0.2, 0) is 4.74 Å². The Labute approximate surface area is 167 Å². The Morgan fingerprint density at radius 2 is 1.66 bits per heavy atom. The first kappa shape index (κ1) is 21.1. The Hall–Kier alpha value is -2.62. The number of ether oxygens (including phenoxy) is 2. The summed E-state index contributed by atoms with van der Waals surface area (Å²) < 4.78 is 10.6. The fraction of sp³-hybridized carbons (Fsp3) is 0.333. The third-order valence-electron chi connectivity index (χ3n) is 4.86. The van der Waals surface area contributed by atoms with Crippen LogP contribution in [0.15, 0.2) is 36.4 Å². The fourth-order valence-corrected chi connectivity index (χ4v) is 3.29.